The second-order valence-corrected chi connectivity index (χ2v) is 6.77. The van der Waals surface area contributed by atoms with Gasteiger partial charge in [0.1, 0.15) is 13.2 Å². The number of amides is 1. The molecular formula is C21H20ClNO5. The molecule has 0 N–H and O–H groups in total. The molecule has 0 bridgehead atoms. The number of fused-ring (bicyclic) bond motifs is 2. The quantitative estimate of drug-likeness (QED) is 0.711. The van der Waals surface area contributed by atoms with Crippen molar-refractivity contribution in [3.8, 4) is 23.0 Å². The SMILES string of the molecule is CCN(Cc1cccc2c1OCCO2)C(=O)/C=C/c1cc(Cl)c2c(c1)OCO2. The second kappa shape index (κ2) is 8.02. The fraction of sp³-hybridized carbons (Fsp3) is 0.286. The number of benzene rings is 2. The van der Waals surface area contributed by atoms with E-state index in [0.29, 0.717) is 48.6 Å². The van der Waals surface area contributed by atoms with Gasteiger partial charge in [-0.1, -0.05) is 23.7 Å². The van der Waals surface area contributed by atoms with Crippen molar-refractivity contribution in [2.75, 3.05) is 26.6 Å². The monoisotopic (exact) mass is 401 g/mol. The largest absolute Gasteiger partial charge is 0.486 e. The summed E-state index contributed by atoms with van der Waals surface area (Å²) in [5.74, 6) is 2.45. The highest BCUT2D eigenvalue weighted by Crippen LogP contribution is 2.40. The summed E-state index contributed by atoms with van der Waals surface area (Å²) in [5.41, 5.74) is 1.69. The van der Waals surface area contributed by atoms with Crippen LogP contribution in [0.25, 0.3) is 6.08 Å². The molecule has 4 rings (SSSR count). The zero-order valence-corrected chi connectivity index (χ0v) is 16.2. The lowest BCUT2D eigenvalue weighted by Crippen LogP contribution is -2.29. The summed E-state index contributed by atoms with van der Waals surface area (Å²) in [6.45, 7) is 4.14. The van der Waals surface area contributed by atoms with Crippen molar-refractivity contribution in [3.63, 3.8) is 0 Å². The van der Waals surface area contributed by atoms with E-state index in [1.807, 2.05) is 25.1 Å². The molecule has 2 aromatic rings. The number of carbonyl (C=O) groups is 1. The lowest BCUT2D eigenvalue weighted by Gasteiger charge is -2.24. The molecule has 0 spiro atoms. The zero-order valence-electron chi connectivity index (χ0n) is 15.4. The van der Waals surface area contributed by atoms with Crippen LogP contribution in [-0.4, -0.2) is 37.4 Å². The molecule has 2 aromatic carbocycles. The predicted octanol–water partition coefficient (Wildman–Crippen LogP) is 3.90. The maximum Gasteiger partial charge on any atom is 0.246 e. The third-order valence-electron chi connectivity index (χ3n) is 4.57. The Bertz CT molecular complexity index is 927. The highest BCUT2D eigenvalue weighted by Gasteiger charge is 2.20. The fourth-order valence-electron chi connectivity index (χ4n) is 3.17. The molecule has 0 saturated carbocycles. The minimum atomic E-state index is -0.106. The summed E-state index contributed by atoms with van der Waals surface area (Å²) in [6, 6.07) is 9.27. The van der Waals surface area contributed by atoms with Gasteiger partial charge in [-0.3, -0.25) is 4.79 Å². The third-order valence-corrected chi connectivity index (χ3v) is 4.85. The average Bonchev–Trinajstić information content (AvgIpc) is 3.19. The normalized spacial score (nSPS) is 14.4. The van der Waals surface area contributed by atoms with Crippen LogP contribution in [-0.2, 0) is 11.3 Å². The van der Waals surface area contributed by atoms with Crippen molar-refractivity contribution in [1.82, 2.24) is 4.90 Å². The summed E-state index contributed by atoms with van der Waals surface area (Å²) < 4.78 is 22.0. The van der Waals surface area contributed by atoms with E-state index < -0.39 is 0 Å². The molecule has 0 fully saturated rings. The number of hydrogen-bond donors (Lipinski definition) is 0. The Morgan fingerprint density at radius 1 is 1.11 bits per heavy atom. The Balaban J connectivity index is 1.49. The van der Waals surface area contributed by atoms with Crippen LogP contribution in [0.1, 0.15) is 18.1 Å². The van der Waals surface area contributed by atoms with Gasteiger partial charge in [0, 0.05) is 24.7 Å². The van der Waals surface area contributed by atoms with Crippen molar-refractivity contribution in [2.24, 2.45) is 0 Å². The minimum absolute atomic E-state index is 0.106. The third kappa shape index (κ3) is 3.73. The van der Waals surface area contributed by atoms with E-state index in [0.717, 1.165) is 16.9 Å². The number of halogens is 1. The molecular weight excluding hydrogens is 382 g/mol. The Labute approximate surface area is 168 Å². The molecule has 0 unspecified atom stereocenters. The molecule has 2 aliphatic rings. The molecule has 2 aliphatic heterocycles. The standard InChI is InChI=1S/C21H20ClNO5/c1-2-23(12-15-4-3-5-17-20(15)26-9-8-25-17)19(24)7-6-14-10-16(22)21-18(11-14)27-13-28-21/h3-7,10-11H,2,8-9,12-13H2,1H3/b7-6+. The topological polar surface area (TPSA) is 57.2 Å². The number of ether oxygens (including phenoxy) is 4. The Morgan fingerprint density at radius 2 is 1.96 bits per heavy atom. The fourth-order valence-corrected chi connectivity index (χ4v) is 3.44. The predicted molar refractivity (Wildman–Crippen MR) is 105 cm³/mol. The first-order valence-electron chi connectivity index (χ1n) is 9.09. The van der Waals surface area contributed by atoms with Gasteiger partial charge in [0.05, 0.1) is 5.02 Å². The van der Waals surface area contributed by atoms with Crippen molar-refractivity contribution in [2.45, 2.75) is 13.5 Å². The van der Waals surface area contributed by atoms with Crippen LogP contribution in [0.4, 0.5) is 0 Å². The number of rotatable bonds is 5. The average molecular weight is 402 g/mol. The molecule has 28 heavy (non-hydrogen) atoms. The summed E-state index contributed by atoms with van der Waals surface area (Å²) in [4.78, 5) is 14.5. The van der Waals surface area contributed by atoms with Crippen LogP contribution in [0.3, 0.4) is 0 Å². The van der Waals surface area contributed by atoms with Crippen LogP contribution in [0.2, 0.25) is 5.02 Å². The smallest absolute Gasteiger partial charge is 0.246 e. The van der Waals surface area contributed by atoms with E-state index in [1.54, 1.807) is 23.1 Å². The van der Waals surface area contributed by atoms with Crippen LogP contribution < -0.4 is 18.9 Å². The highest BCUT2D eigenvalue weighted by atomic mass is 35.5. The lowest BCUT2D eigenvalue weighted by atomic mass is 10.1. The molecule has 146 valence electrons. The number of nitrogens with zero attached hydrogens (tertiary/aromatic N) is 1. The second-order valence-electron chi connectivity index (χ2n) is 6.36. The molecule has 2 heterocycles. The van der Waals surface area contributed by atoms with Gasteiger partial charge in [-0.15, -0.1) is 0 Å². The number of carbonyl (C=O) groups excluding carboxylic acids is 1. The molecule has 6 nitrogen and oxygen atoms in total. The highest BCUT2D eigenvalue weighted by molar-refractivity contribution is 6.32. The van der Waals surface area contributed by atoms with Gasteiger partial charge in [-0.25, -0.2) is 0 Å². The summed E-state index contributed by atoms with van der Waals surface area (Å²) in [5, 5.41) is 0.461. The maximum atomic E-state index is 12.7. The van der Waals surface area contributed by atoms with E-state index in [9.17, 15) is 4.79 Å². The Kier molecular flexibility index (Phi) is 5.30. The van der Waals surface area contributed by atoms with E-state index >= 15 is 0 Å². The Morgan fingerprint density at radius 3 is 2.82 bits per heavy atom. The van der Waals surface area contributed by atoms with Crippen LogP contribution >= 0.6 is 11.6 Å². The first-order chi connectivity index (χ1) is 13.7. The van der Waals surface area contributed by atoms with Crippen LogP contribution in [0.15, 0.2) is 36.4 Å². The molecule has 7 heteroatoms. The van der Waals surface area contributed by atoms with E-state index in [-0.39, 0.29) is 12.7 Å². The van der Waals surface area contributed by atoms with Gasteiger partial charge in [0.15, 0.2) is 23.0 Å². The summed E-state index contributed by atoms with van der Waals surface area (Å²) in [6.07, 6.45) is 3.25. The van der Waals surface area contributed by atoms with Gasteiger partial charge in [-0.05, 0) is 36.8 Å². The number of para-hydroxylation sites is 1. The van der Waals surface area contributed by atoms with Gasteiger partial charge in [-0.2, -0.15) is 0 Å². The maximum absolute atomic E-state index is 12.7. The molecule has 0 saturated heterocycles. The first-order valence-corrected chi connectivity index (χ1v) is 9.47. The summed E-state index contributed by atoms with van der Waals surface area (Å²) >= 11 is 6.19. The van der Waals surface area contributed by atoms with E-state index in [4.69, 9.17) is 30.5 Å². The minimum Gasteiger partial charge on any atom is -0.486 e. The molecule has 0 aromatic heterocycles. The number of hydrogen-bond acceptors (Lipinski definition) is 5. The van der Waals surface area contributed by atoms with Crippen LogP contribution in [0.5, 0.6) is 23.0 Å². The zero-order chi connectivity index (χ0) is 19.5. The van der Waals surface area contributed by atoms with E-state index in [1.165, 1.54) is 6.08 Å². The van der Waals surface area contributed by atoms with Crippen molar-refractivity contribution in [3.05, 3.63) is 52.6 Å². The van der Waals surface area contributed by atoms with Gasteiger partial charge < -0.3 is 23.8 Å². The van der Waals surface area contributed by atoms with Crippen molar-refractivity contribution in [1.29, 1.82) is 0 Å². The van der Waals surface area contributed by atoms with Crippen molar-refractivity contribution >= 4 is 23.6 Å². The molecule has 0 atom stereocenters. The number of likely N-dealkylation sites (N-methyl/N-ethyl adjacent to an activating group) is 1. The summed E-state index contributed by atoms with van der Waals surface area (Å²) in [7, 11) is 0. The van der Waals surface area contributed by atoms with Crippen molar-refractivity contribution < 1.29 is 23.7 Å². The lowest BCUT2D eigenvalue weighted by molar-refractivity contribution is -0.126. The van der Waals surface area contributed by atoms with Gasteiger partial charge in [0.2, 0.25) is 12.7 Å². The van der Waals surface area contributed by atoms with Crippen LogP contribution in [0, 0.1) is 0 Å². The Hall–Kier alpha value is -2.86. The molecule has 0 aliphatic carbocycles. The van der Waals surface area contributed by atoms with Gasteiger partial charge >= 0.3 is 0 Å². The van der Waals surface area contributed by atoms with E-state index in [2.05, 4.69) is 0 Å². The molecule has 0 radical (unpaired) electrons. The first kappa shape index (κ1) is 18.5. The van der Waals surface area contributed by atoms with Gasteiger partial charge in [0.25, 0.3) is 0 Å². The molecule has 1 amide bonds.